The smallest absolute Gasteiger partial charge is 0.126 e. The van der Waals surface area contributed by atoms with Crippen LogP contribution in [0.4, 0.5) is 4.39 Å². The number of aryl methyl sites for hydroxylation is 1. The molecule has 0 bridgehead atoms. The van der Waals surface area contributed by atoms with E-state index in [-0.39, 0.29) is 11.9 Å². The minimum absolute atomic E-state index is 0.158. The summed E-state index contributed by atoms with van der Waals surface area (Å²) in [7, 11) is 0. The Labute approximate surface area is 126 Å². The fraction of sp³-hybridized carbons (Fsp3) is 0.471. The van der Waals surface area contributed by atoms with Crippen molar-refractivity contribution in [1.29, 1.82) is 0 Å². The van der Waals surface area contributed by atoms with Crippen LogP contribution in [0.1, 0.15) is 55.6 Å². The molecule has 0 saturated heterocycles. The molecule has 0 aliphatic rings. The third-order valence-electron chi connectivity index (χ3n) is 4.02. The number of halogens is 1. The zero-order valence-corrected chi connectivity index (χ0v) is 13.0. The first-order valence-electron chi connectivity index (χ1n) is 7.60. The van der Waals surface area contributed by atoms with Gasteiger partial charge in [-0.2, -0.15) is 5.10 Å². The zero-order valence-electron chi connectivity index (χ0n) is 13.0. The topological polar surface area (TPSA) is 43.8 Å². The summed E-state index contributed by atoms with van der Waals surface area (Å²) in [5.74, 6) is -0.191. The summed E-state index contributed by atoms with van der Waals surface area (Å²) in [5.41, 5.74) is 8.79. The van der Waals surface area contributed by atoms with E-state index in [0.29, 0.717) is 18.0 Å². The summed E-state index contributed by atoms with van der Waals surface area (Å²) in [6, 6.07) is 7.36. The van der Waals surface area contributed by atoms with Crippen LogP contribution >= 0.6 is 0 Å². The van der Waals surface area contributed by atoms with Gasteiger partial charge in [0, 0.05) is 18.7 Å². The molecule has 0 saturated carbocycles. The van der Waals surface area contributed by atoms with Gasteiger partial charge in [-0.25, -0.2) is 4.39 Å². The minimum atomic E-state index is -0.191. The molecule has 2 rings (SSSR count). The molecule has 0 radical (unpaired) electrons. The molecule has 1 atom stereocenters. The number of nitrogens with zero attached hydrogens (tertiary/aromatic N) is 2. The molecule has 2 N–H and O–H groups in total. The Morgan fingerprint density at radius 3 is 2.57 bits per heavy atom. The highest BCUT2D eigenvalue weighted by Crippen LogP contribution is 2.20. The molecule has 114 valence electrons. The van der Waals surface area contributed by atoms with Gasteiger partial charge in [-0.15, -0.1) is 0 Å². The molecule has 0 aliphatic carbocycles. The van der Waals surface area contributed by atoms with Gasteiger partial charge in [0.15, 0.2) is 0 Å². The van der Waals surface area contributed by atoms with E-state index in [1.54, 1.807) is 13.0 Å². The largest absolute Gasteiger partial charge is 0.324 e. The van der Waals surface area contributed by atoms with Crippen LogP contribution in [-0.2, 0) is 6.42 Å². The van der Waals surface area contributed by atoms with Crippen molar-refractivity contribution in [2.45, 2.75) is 52.1 Å². The van der Waals surface area contributed by atoms with Crippen LogP contribution in [0.2, 0.25) is 0 Å². The first-order chi connectivity index (χ1) is 10.0. The molecule has 0 amide bonds. The summed E-state index contributed by atoms with van der Waals surface area (Å²) < 4.78 is 15.3. The molecule has 0 spiro atoms. The Bertz CT molecular complexity index is 587. The quantitative estimate of drug-likeness (QED) is 0.875. The summed E-state index contributed by atoms with van der Waals surface area (Å²) in [6.45, 7) is 6.10. The number of nitrogens with two attached hydrogens (primary N) is 1. The molecule has 0 fully saturated rings. The fourth-order valence-corrected chi connectivity index (χ4v) is 2.59. The monoisotopic (exact) mass is 289 g/mol. The Hall–Kier alpha value is -1.68. The van der Waals surface area contributed by atoms with E-state index in [1.165, 1.54) is 6.07 Å². The summed E-state index contributed by atoms with van der Waals surface area (Å²) in [6.07, 6.45) is 4.83. The number of benzene rings is 1. The molecular formula is C17H24FN3. The predicted molar refractivity (Wildman–Crippen MR) is 83.6 cm³/mol. The third-order valence-corrected chi connectivity index (χ3v) is 4.02. The molecule has 1 aromatic heterocycles. The van der Waals surface area contributed by atoms with Crippen LogP contribution < -0.4 is 5.73 Å². The lowest BCUT2D eigenvalue weighted by Gasteiger charge is -2.14. The van der Waals surface area contributed by atoms with E-state index in [1.807, 2.05) is 23.0 Å². The van der Waals surface area contributed by atoms with Gasteiger partial charge in [-0.3, -0.25) is 4.68 Å². The third kappa shape index (κ3) is 3.70. The van der Waals surface area contributed by atoms with Gasteiger partial charge < -0.3 is 5.73 Å². The van der Waals surface area contributed by atoms with Crippen LogP contribution in [0.15, 0.2) is 30.5 Å². The molecule has 3 nitrogen and oxygen atoms in total. The van der Waals surface area contributed by atoms with Gasteiger partial charge in [0.1, 0.15) is 5.82 Å². The van der Waals surface area contributed by atoms with Gasteiger partial charge in [-0.1, -0.05) is 26.0 Å². The van der Waals surface area contributed by atoms with Crippen molar-refractivity contribution in [1.82, 2.24) is 9.78 Å². The van der Waals surface area contributed by atoms with Crippen molar-refractivity contribution in [3.63, 3.8) is 0 Å². The SMILES string of the molecule is CCC(CC)n1ccc(CC(N)c2ccc(F)c(C)c2)n1. The first-order valence-corrected chi connectivity index (χ1v) is 7.60. The van der Waals surface area contributed by atoms with E-state index < -0.39 is 0 Å². The average Bonchev–Trinajstić information content (AvgIpc) is 2.91. The van der Waals surface area contributed by atoms with Crippen LogP contribution in [-0.4, -0.2) is 9.78 Å². The van der Waals surface area contributed by atoms with Gasteiger partial charge in [0.2, 0.25) is 0 Å². The maximum absolute atomic E-state index is 13.3. The van der Waals surface area contributed by atoms with Crippen molar-refractivity contribution < 1.29 is 4.39 Å². The number of rotatable bonds is 6. The van der Waals surface area contributed by atoms with Crippen molar-refractivity contribution in [3.05, 3.63) is 53.1 Å². The fourth-order valence-electron chi connectivity index (χ4n) is 2.59. The minimum Gasteiger partial charge on any atom is -0.324 e. The maximum Gasteiger partial charge on any atom is 0.126 e. The van der Waals surface area contributed by atoms with Gasteiger partial charge in [0.05, 0.1) is 11.7 Å². The molecule has 21 heavy (non-hydrogen) atoms. The number of aromatic nitrogens is 2. The average molecular weight is 289 g/mol. The summed E-state index contributed by atoms with van der Waals surface area (Å²) >= 11 is 0. The van der Waals surface area contributed by atoms with Crippen molar-refractivity contribution in [2.24, 2.45) is 5.73 Å². The predicted octanol–water partition coefficient (Wildman–Crippen LogP) is 3.93. The van der Waals surface area contributed by atoms with Gasteiger partial charge >= 0.3 is 0 Å². The molecular weight excluding hydrogens is 265 g/mol. The Morgan fingerprint density at radius 2 is 1.95 bits per heavy atom. The second-order valence-electron chi connectivity index (χ2n) is 5.58. The lowest BCUT2D eigenvalue weighted by atomic mass is 10.0. The first kappa shape index (κ1) is 15.7. The standard InChI is InChI=1S/C17H24FN3/c1-4-15(5-2)21-9-8-14(20-21)11-17(19)13-6-7-16(18)12(3)10-13/h6-10,15,17H,4-5,11,19H2,1-3H3. The van der Waals surface area contributed by atoms with E-state index >= 15 is 0 Å². The van der Waals surface area contributed by atoms with Crippen molar-refractivity contribution in [3.8, 4) is 0 Å². The second-order valence-corrected chi connectivity index (χ2v) is 5.58. The lowest BCUT2D eigenvalue weighted by Crippen LogP contribution is -2.15. The molecule has 2 aromatic rings. The highest BCUT2D eigenvalue weighted by atomic mass is 19.1. The summed E-state index contributed by atoms with van der Waals surface area (Å²) in [5, 5.41) is 4.62. The van der Waals surface area contributed by atoms with Crippen LogP contribution in [0.3, 0.4) is 0 Å². The van der Waals surface area contributed by atoms with Crippen molar-refractivity contribution in [2.75, 3.05) is 0 Å². The van der Waals surface area contributed by atoms with E-state index in [9.17, 15) is 4.39 Å². The Morgan fingerprint density at radius 1 is 1.24 bits per heavy atom. The zero-order chi connectivity index (χ0) is 15.4. The van der Waals surface area contributed by atoms with Crippen LogP contribution in [0.5, 0.6) is 0 Å². The summed E-state index contributed by atoms with van der Waals surface area (Å²) in [4.78, 5) is 0. The molecule has 0 aliphatic heterocycles. The normalized spacial score (nSPS) is 12.9. The van der Waals surface area contributed by atoms with E-state index in [4.69, 9.17) is 5.73 Å². The Kier molecular flexibility index (Phi) is 5.12. The lowest BCUT2D eigenvalue weighted by molar-refractivity contribution is 0.424. The van der Waals surface area contributed by atoms with Gasteiger partial charge in [0.25, 0.3) is 0 Å². The van der Waals surface area contributed by atoms with E-state index in [2.05, 4.69) is 18.9 Å². The van der Waals surface area contributed by atoms with Crippen LogP contribution in [0.25, 0.3) is 0 Å². The van der Waals surface area contributed by atoms with Gasteiger partial charge in [-0.05, 0) is 43.0 Å². The number of hydrogen-bond acceptors (Lipinski definition) is 2. The van der Waals surface area contributed by atoms with Crippen molar-refractivity contribution >= 4 is 0 Å². The molecule has 4 heteroatoms. The Balaban J connectivity index is 2.08. The molecule has 1 unspecified atom stereocenters. The molecule has 1 aromatic carbocycles. The second kappa shape index (κ2) is 6.85. The highest BCUT2D eigenvalue weighted by Gasteiger charge is 2.13. The molecule has 1 heterocycles. The maximum atomic E-state index is 13.3. The van der Waals surface area contributed by atoms with E-state index in [0.717, 1.165) is 24.1 Å². The highest BCUT2D eigenvalue weighted by molar-refractivity contribution is 5.27. The van der Waals surface area contributed by atoms with Crippen LogP contribution in [0, 0.1) is 12.7 Å². The number of hydrogen-bond donors (Lipinski definition) is 1.